The third-order valence-electron chi connectivity index (χ3n) is 4.20. The fraction of sp³-hybridized carbons (Fsp3) is 0.316. The average Bonchev–Trinajstić information content (AvgIpc) is 2.56. The first-order valence-corrected chi connectivity index (χ1v) is 7.61. The van der Waals surface area contributed by atoms with E-state index < -0.39 is 0 Å². The molecule has 0 aliphatic carbocycles. The number of carbonyl (C=O) groups excluding carboxylic acids is 1. The van der Waals surface area contributed by atoms with Gasteiger partial charge >= 0.3 is 5.97 Å². The van der Waals surface area contributed by atoms with Gasteiger partial charge < -0.3 is 4.74 Å². The summed E-state index contributed by atoms with van der Waals surface area (Å²) in [6.07, 6.45) is 2.74. The number of hydrogen-bond donors (Lipinski definition) is 0. The van der Waals surface area contributed by atoms with Gasteiger partial charge in [-0.3, -0.25) is 4.79 Å². The molecule has 0 saturated carbocycles. The lowest BCUT2D eigenvalue weighted by Crippen LogP contribution is -2.26. The van der Waals surface area contributed by atoms with Crippen molar-refractivity contribution in [1.82, 2.24) is 0 Å². The van der Waals surface area contributed by atoms with Gasteiger partial charge in [-0.25, -0.2) is 0 Å². The Morgan fingerprint density at radius 2 is 1.52 bits per heavy atom. The molecule has 0 bridgehead atoms. The lowest BCUT2D eigenvalue weighted by molar-refractivity contribution is -0.153. The molecule has 1 unspecified atom stereocenters. The van der Waals surface area contributed by atoms with Crippen LogP contribution in [0.15, 0.2) is 60.7 Å². The van der Waals surface area contributed by atoms with E-state index in [9.17, 15) is 4.79 Å². The summed E-state index contributed by atoms with van der Waals surface area (Å²) in [6, 6.07) is 20.9. The van der Waals surface area contributed by atoms with Crippen molar-refractivity contribution in [2.75, 3.05) is 6.61 Å². The average molecular weight is 280 g/mol. The quantitative estimate of drug-likeness (QED) is 0.786. The Labute approximate surface area is 125 Å². The van der Waals surface area contributed by atoms with Crippen LogP contribution >= 0.6 is 0 Å². The molecule has 0 aromatic heterocycles. The lowest BCUT2D eigenvalue weighted by Gasteiger charge is -2.26. The molecular formula is C19H20O2. The first kappa shape index (κ1) is 13.9. The summed E-state index contributed by atoms with van der Waals surface area (Å²) in [7, 11) is 0. The van der Waals surface area contributed by atoms with E-state index in [0.29, 0.717) is 6.61 Å². The zero-order chi connectivity index (χ0) is 14.5. The minimum Gasteiger partial charge on any atom is -0.465 e. The van der Waals surface area contributed by atoms with Gasteiger partial charge in [-0.2, -0.15) is 0 Å². The molecule has 2 nitrogen and oxygen atoms in total. The molecule has 2 aromatic carbocycles. The highest BCUT2D eigenvalue weighted by Gasteiger charge is 2.28. The summed E-state index contributed by atoms with van der Waals surface area (Å²) in [5.74, 6) is 0.241. The smallest absolute Gasteiger partial charge is 0.308 e. The third-order valence-corrected chi connectivity index (χ3v) is 4.20. The van der Waals surface area contributed by atoms with Crippen LogP contribution < -0.4 is 0 Å². The molecule has 21 heavy (non-hydrogen) atoms. The predicted octanol–water partition coefficient (Wildman–Crippen LogP) is 4.16. The van der Waals surface area contributed by atoms with Crippen LogP contribution in [-0.2, 0) is 9.53 Å². The van der Waals surface area contributed by atoms with E-state index in [0.717, 1.165) is 19.3 Å². The zero-order valence-electron chi connectivity index (χ0n) is 12.1. The molecule has 1 fully saturated rings. The lowest BCUT2D eigenvalue weighted by atomic mass is 9.82. The topological polar surface area (TPSA) is 26.3 Å². The van der Waals surface area contributed by atoms with Gasteiger partial charge in [-0.05, 0) is 30.4 Å². The van der Waals surface area contributed by atoms with Crippen molar-refractivity contribution >= 4 is 5.97 Å². The van der Waals surface area contributed by atoms with Crippen molar-refractivity contribution in [3.63, 3.8) is 0 Å². The maximum Gasteiger partial charge on any atom is 0.308 e. The van der Waals surface area contributed by atoms with Gasteiger partial charge in [-0.1, -0.05) is 60.7 Å². The Balaban J connectivity index is 1.88. The van der Waals surface area contributed by atoms with E-state index in [2.05, 4.69) is 48.5 Å². The highest BCUT2D eigenvalue weighted by Crippen LogP contribution is 2.34. The van der Waals surface area contributed by atoms with Crippen molar-refractivity contribution in [1.29, 1.82) is 0 Å². The summed E-state index contributed by atoms with van der Waals surface area (Å²) in [5.41, 5.74) is 2.53. The molecule has 1 heterocycles. The Kier molecular flexibility index (Phi) is 4.34. The molecule has 2 heteroatoms. The second-order valence-electron chi connectivity index (χ2n) is 5.62. The van der Waals surface area contributed by atoms with Crippen LogP contribution in [0.1, 0.15) is 36.3 Å². The molecule has 0 amide bonds. The molecule has 108 valence electrons. The molecule has 1 saturated heterocycles. The first-order chi connectivity index (χ1) is 10.3. The fourth-order valence-electron chi connectivity index (χ4n) is 3.07. The van der Waals surface area contributed by atoms with Gasteiger partial charge in [0.2, 0.25) is 0 Å². The normalized spacial score (nSPS) is 18.5. The van der Waals surface area contributed by atoms with Gasteiger partial charge in [0.15, 0.2) is 0 Å². The number of hydrogen-bond acceptors (Lipinski definition) is 2. The molecule has 0 N–H and O–H groups in total. The SMILES string of the molecule is O=C1OCCCC1CC(c1ccccc1)c1ccccc1. The van der Waals surface area contributed by atoms with Crippen LogP contribution in [0.5, 0.6) is 0 Å². The van der Waals surface area contributed by atoms with Crippen molar-refractivity contribution in [2.24, 2.45) is 5.92 Å². The van der Waals surface area contributed by atoms with Crippen molar-refractivity contribution in [2.45, 2.75) is 25.2 Å². The van der Waals surface area contributed by atoms with E-state index in [1.165, 1.54) is 11.1 Å². The number of benzene rings is 2. The van der Waals surface area contributed by atoms with Crippen LogP contribution in [0.25, 0.3) is 0 Å². The Morgan fingerprint density at radius 1 is 0.952 bits per heavy atom. The van der Waals surface area contributed by atoms with Crippen LogP contribution in [0.2, 0.25) is 0 Å². The highest BCUT2D eigenvalue weighted by atomic mass is 16.5. The number of rotatable bonds is 4. The molecule has 0 spiro atoms. The maximum absolute atomic E-state index is 12.0. The molecule has 1 aliphatic heterocycles. The second-order valence-corrected chi connectivity index (χ2v) is 5.62. The summed E-state index contributed by atoms with van der Waals surface area (Å²) < 4.78 is 5.22. The predicted molar refractivity (Wildman–Crippen MR) is 83.0 cm³/mol. The Hall–Kier alpha value is -2.09. The molecule has 0 radical (unpaired) electrons. The molecule has 3 rings (SSSR count). The zero-order valence-corrected chi connectivity index (χ0v) is 12.1. The molecule has 1 atom stereocenters. The first-order valence-electron chi connectivity index (χ1n) is 7.61. The monoisotopic (exact) mass is 280 g/mol. The summed E-state index contributed by atoms with van der Waals surface area (Å²) >= 11 is 0. The van der Waals surface area contributed by atoms with E-state index in [1.807, 2.05) is 12.1 Å². The van der Waals surface area contributed by atoms with Crippen LogP contribution in [0, 0.1) is 5.92 Å². The van der Waals surface area contributed by atoms with E-state index in [1.54, 1.807) is 0 Å². The molecule has 1 aliphatic rings. The molecular weight excluding hydrogens is 260 g/mol. The van der Waals surface area contributed by atoms with Crippen molar-refractivity contribution in [3.8, 4) is 0 Å². The third kappa shape index (κ3) is 3.33. The van der Waals surface area contributed by atoms with E-state index in [4.69, 9.17) is 4.74 Å². The largest absolute Gasteiger partial charge is 0.465 e. The van der Waals surface area contributed by atoms with Crippen LogP contribution in [0.4, 0.5) is 0 Å². The number of cyclic esters (lactones) is 1. The number of ether oxygens (including phenoxy) is 1. The Morgan fingerprint density at radius 3 is 2.05 bits per heavy atom. The van der Waals surface area contributed by atoms with Gasteiger partial charge in [0.05, 0.1) is 12.5 Å². The minimum absolute atomic E-state index is 0.0177. The number of esters is 1. The summed E-state index contributed by atoms with van der Waals surface area (Å²) in [5, 5.41) is 0. The highest BCUT2D eigenvalue weighted by molar-refractivity contribution is 5.73. The van der Waals surface area contributed by atoms with Crippen molar-refractivity contribution < 1.29 is 9.53 Å². The van der Waals surface area contributed by atoms with Gasteiger partial charge in [0, 0.05) is 5.92 Å². The van der Waals surface area contributed by atoms with E-state index >= 15 is 0 Å². The van der Waals surface area contributed by atoms with E-state index in [-0.39, 0.29) is 17.8 Å². The summed E-state index contributed by atoms with van der Waals surface area (Å²) in [4.78, 5) is 12.0. The second kappa shape index (κ2) is 6.57. The van der Waals surface area contributed by atoms with Crippen LogP contribution in [-0.4, -0.2) is 12.6 Å². The van der Waals surface area contributed by atoms with Gasteiger partial charge in [-0.15, -0.1) is 0 Å². The fourth-order valence-corrected chi connectivity index (χ4v) is 3.07. The van der Waals surface area contributed by atoms with Crippen LogP contribution in [0.3, 0.4) is 0 Å². The van der Waals surface area contributed by atoms with Gasteiger partial charge in [0.1, 0.15) is 0 Å². The molecule has 2 aromatic rings. The van der Waals surface area contributed by atoms with Crippen molar-refractivity contribution in [3.05, 3.63) is 71.8 Å². The maximum atomic E-state index is 12.0. The Bertz CT molecular complexity index is 538. The number of carbonyl (C=O) groups is 1. The summed E-state index contributed by atoms with van der Waals surface area (Å²) in [6.45, 7) is 0.580. The minimum atomic E-state index is -0.0295. The van der Waals surface area contributed by atoms with Gasteiger partial charge in [0.25, 0.3) is 0 Å². The standard InChI is InChI=1S/C19H20O2/c20-19-17(12-7-13-21-19)14-18(15-8-3-1-4-9-15)16-10-5-2-6-11-16/h1-6,8-11,17-18H,7,12-14H2.